The van der Waals surface area contributed by atoms with Crippen LogP contribution in [-0.4, -0.2) is 74.5 Å². The summed E-state index contributed by atoms with van der Waals surface area (Å²) >= 11 is 1.60. The van der Waals surface area contributed by atoms with Crippen molar-refractivity contribution in [3.8, 4) is 0 Å². The maximum absolute atomic E-state index is 12.1. The molecule has 0 spiro atoms. The van der Waals surface area contributed by atoms with Crippen LogP contribution < -0.4 is 5.73 Å². The predicted molar refractivity (Wildman–Crippen MR) is 77.7 cm³/mol. The van der Waals surface area contributed by atoms with Crippen molar-refractivity contribution in [1.29, 1.82) is 0 Å². The van der Waals surface area contributed by atoms with Crippen molar-refractivity contribution in [2.45, 2.75) is 24.4 Å². The maximum Gasteiger partial charge on any atom is 0.166 e. The van der Waals surface area contributed by atoms with Crippen LogP contribution >= 0.6 is 11.8 Å². The molecule has 2 rings (SSSR count). The van der Waals surface area contributed by atoms with E-state index in [1.807, 2.05) is 4.90 Å². The van der Waals surface area contributed by atoms with Crippen LogP contribution in [0.1, 0.15) is 6.92 Å². The number of thioether (sulfide) groups is 1. The zero-order valence-corrected chi connectivity index (χ0v) is 13.3. The highest BCUT2D eigenvalue weighted by Gasteiger charge is 2.45. The molecule has 2 heterocycles. The van der Waals surface area contributed by atoms with Crippen LogP contribution in [0.5, 0.6) is 0 Å². The third kappa shape index (κ3) is 3.26. The van der Waals surface area contributed by atoms with E-state index < -0.39 is 31.1 Å². The Labute approximate surface area is 118 Å². The minimum absolute atomic E-state index is 0.0193. The van der Waals surface area contributed by atoms with Gasteiger partial charge in [-0.15, -0.1) is 0 Å². The molecule has 0 aromatic carbocycles. The second-order valence-electron chi connectivity index (χ2n) is 5.03. The Morgan fingerprint density at radius 3 is 2.58 bits per heavy atom. The summed E-state index contributed by atoms with van der Waals surface area (Å²) in [7, 11) is -6.35. The molecule has 0 bridgehead atoms. The van der Waals surface area contributed by atoms with Gasteiger partial charge in [0.25, 0.3) is 0 Å². The first-order valence-electron chi connectivity index (χ1n) is 6.28. The molecule has 6 nitrogen and oxygen atoms in total. The highest BCUT2D eigenvalue weighted by molar-refractivity contribution is 8.01. The van der Waals surface area contributed by atoms with Gasteiger partial charge in [-0.05, 0) is 0 Å². The lowest BCUT2D eigenvalue weighted by molar-refractivity contribution is 0.194. The molecule has 112 valence electrons. The topological polar surface area (TPSA) is 97.5 Å². The summed E-state index contributed by atoms with van der Waals surface area (Å²) < 4.78 is 47.6. The van der Waals surface area contributed by atoms with Crippen molar-refractivity contribution in [3.63, 3.8) is 0 Å². The van der Waals surface area contributed by atoms with Gasteiger partial charge in [-0.2, -0.15) is 11.8 Å². The van der Waals surface area contributed by atoms with Gasteiger partial charge >= 0.3 is 0 Å². The Morgan fingerprint density at radius 1 is 1.37 bits per heavy atom. The summed E-state index contributed by atoms with van der Waals surface area (Å²) in [6, 6.07) is -0.847. The molecule has 19 heavy (non-hydrogen) atoms. The summed E-state index contributed by atoms with van der Waals surface area (Å²) in [5, 5.41) is -0.597. The van der Waals surface area contributed by atoms with Crippen molar-refractivity contribution < 1.29 is 16.8 Å². The predicted octanol–water partition coefficient (Wildman–Crippen LogP) is -1.08. The summed E-state index contributed by atoms with van der Waals surface area (Å²) in [5.41, 5.74) is 5.91. The van der Waals surface area contributed by atoms with Crippen LogP contribution in [0.15, 0.2) is 0 Å². The quantitative estimate of drug-likeness (QED) is 0.704. The normalized spacial score (nSPS) is 36.4. The van der Waals surface area contributed by atoms with E-state index in [0.717, 1.165) is 5.75 Å². The lowest BCUT2D eigenvalue weighted by Gasteiger charge is -2.39. The molecule has 2 aliphatic heterocycles. The van der Waals surface area contributed by atoms with Crippen molar-refractivity contribution in [2.24, 2.45) is 5.73 Å². The van der Waals surface area contributed by atoms with Gasteiger partial charge in [-0.25, -0.2) is 16.8 Å². The molecule has 2 aliphatic rings. The Bertz CT molecular complexity index is 531. The molecule has 3 unspecified atom stereocenters. The van der Waals surface area contributed by atoms with Crippen molar-refractivity contribution >= 4 is 31.4 Å². The lowest BCUT2D eigenvalue weighted by atomic mass is 10.1. The first kappa shape index (κ1) is 15.6. The molecule has 2 fully saturated rings. The summed E-state index contributed by atoms with van der Waals surface area (Å²) in [5.74, 6) is 1.33. The summed E-state index contributed by atoms with van der Waals surface area (Å²) in [6.45, 7) is 2.21. The van der Waals surface area contributed by atoms with E-state index in [1.165, 1.54) is 0 Å². The minimum atomic E-state index is -3.21. The molecule has 0 radical (unpaired) electrons. The number of rotatable bonds is 3. The molecule has 0 aromatic heterocycles. The largest absolute Gasteiger partial charge is 0.325 e. The molecule has 0 saturated carbocycles. The van der Waals surface area contributed by atoms with E-state index in [2.05, 4.69) is 0 Å². The molecule has 0 aliphatic carbocycles. The average Bonchev–Trinajstić information content (AvgIpc) is 2.63. The number of sulfone groups is 2. The first-order valence-corrected chi connectivity index (χ1v) is 11.0. The van der Waals surface area contributed by atoms with Gasteiger partial charge in [-0.1, -0.05) is 6.92 Å². The number of hydrogen-bond acceptors (Lipinski definition) is 7. The molecule has 2 N–H and O–H groups in total. The smallest absolute Gasteiger partial charge is 0.166 e. The highest BCUT2D eigenvalue weighted by atomic mass is 32.2. The van der Waals surface area contributed by atoms with Gasteiger partial charge in [0.1, 0.15) is 5.37 Å². The fraction of sp³-hybridized carbons (Fsp3) is 1.00. The summed E-state index contributed by atoms with van der Waals surface area (Å²) in [6.07, 6.45) is 0. The van der Waals surface area contributed by atoms with Crippen LogP contribution in [0, 0.1) is 0 Å². The van der Waals surface area contributed by atoms with Crippen LogP contribution in [0.2, 0.25) is 0 Å². The number of nitrogens with zero attached hydrogens (tertiary/aromatic N) is 1. The van der Waals surface area contributed by atoms with Crippen LogP contribution in [0.25, 0.3) is 0 Å². The Hall–Kier alpha value is 0.170. The van der Waals surface area contributed by atoms with Gasteiger partial charge in [-0.3, -0.25) is 4.90 Å². The van der Waals surface area contributed by atoms with Crippen LogP contribution in [0.4, 0.5) is 0 Å². The Balaban J connectivity index is 2.26. The molecule has 0 aromatic rings. The SMILES string of the molecule is CCS(=O)(=O)C1CSCCN1C1CS(=O)(=O)CC1N. The fourth-order valence-electron chi connectivity index (χ4n) is 2.67. The monoisotopic (exact) mass is 328 g/mol. The highest BCUT2D eigenvalue weighted by Crippen LogP contribution is 2.27. The minimum Gasteiger partial charge on any atom is -0.325 e. The molecule has 3 atom stereocenters. The van der Waals surface area contributed by atoms with Crippen LogP contribution in [0.3, 0.4) is 0 Å². The third-order valence-electron chi connectivity index (χ3n) is 3.73. The van der Waals surface area contributed by atoms with E-state index in [-0.39, 0.29) is 23.3 Å². The van der Waals surface area contributed by atoms with Gasteiger partial charge in [0.05, 0.1) is 11.5 Å². The van der Waals surface area contributed by atoms with Gasteiger partial charge in [0, 0.05) is 35.9 Å². The third-order valence-corrected chi connectivity index (χ3v) is 8.78. The van der Waals surface area contributed by atoms with Crippen molar-refractivity contribution in [2.75, 3.05) is 35.3 Å². The van der Waals surface area contributed by atoms with Crippen molar-refractivity contribution in [1.82, 2.24) is 4.90 Å². The molecule has 9 heteroatoms. The molecule has 0 amide bonds. The van der Waals surface area contributed by atoms with Gasteiger partial charge < -0.3 is 5.73 Å². The second kappa shape index (κ2) is 5.51. The lowest BCUT2D eigenvalue weighted by Crippen LogP contribution is -2.57. The van der Waals surface area contributed by atoms with Gasteiger partial charge in [0.2, 0.25) is 0 Å². The first-order chi connectivity index (χ1) is 8.77. The standard InChI is InChI=1S/C10H20N2O4S3/c1-2-19(15,16)10-5-17-4-3-12(10)9-7-18(13,14)6-8(9)11/h8-10H,2-7,11H2,1H3. The van der Waals surface area contributed by atoms with E-state index in [4.69, 9.17) is 5.73 Å². The Kier molecular flexibility index (Phi) is 4.51. The maximum atomic E-state index is 12.1. The molecular weight excluding hydrogens is 308 g/mol. The van der Waals surface area contributed by atoms with E-state index in [1.54, 1.807) is 18.7 Å². The molecular formula is C10H20N2O4S3. The summed E-state index contributed by atoms with van der Waals surface area (Å²) in [4.78, 5) is 1.81. The van der Waals surface area contributed by atoms with Crippen molar-refractivity contribution in [3.05, 3.63) is 0 Å². The van der Waals surface area contributed by atoms with E-state index in [0.29, 0.717) is 12.3 Å². The number of hydrogen-bond donors (Lipinski definition) is 1. The van der Waals surface area contributed by atoms with E-state index >= 15 is 0 Å². The second-order valence-corrected chi connectivity index (χ2v) is 10.8. The zero-order valence-electron chi connectivity index (χ0n) is 10.9. The van der Waals surface area contributed by atoms with E-state index in [9.17, 15) is 16.8 Å². The van der Waals surface area contributed by atoms with Gasteiger partial charge in [0.15, 0.2) is 19.7 Å². The number of nitrogens with two attached hydrogens (primary N) is 1. The zero-order chi connectivity index (χ0) is 14.3. The average molecular weight is 328 g/mol. The van der Waals surface area contributed by atoms with Crippen LogP contribution in [-0.2, 0) is 19.7 Å². The molecule has 2 saturated heterocycles. The Morgan fingerprint density at radius 2 is 2.05 bits per heavy atom. The fourth-order valence-corrected chi connectivity index (χ4v) is 7.65.